The molecule has 0 bridgehead atoms. The van der Waals surface area contributed by atoms with Crippen LogP contribution >= 0.6 is 11.6 Å². The molecule has 0 heterocycles. The Labute approximate surface area is 60.5 Å². The third-order valence-electron chi connectivity index (χ3n) is 1.39. The Morgan fingerprint density at radius 3 is 2.67 bits per heavy atom. The molecule has 0 spiro atoms. The van der Waals surface area contributed by atoms with Crippen LogP contribution in [0.4, 0.5) is 0 Å². The Hall–Kier alpha value is -0.490. The maximum atomic E-state index is 6.00. The third-order valence-corrected chi connectivity index (χ3v) is 1.83. The summed E-state index contributed by atoms with van der Waals surface area (Å²) in [5.41, 5.74) is 0. The minimum atomic E-state index is -0.311. The Balaban J connectivity index is 2.73. The van der Waals surface area contributed by atoms with Gasteiger partial charge in [0, 0.05) is 0 Å². The lowest BCUT2D eigenvalue weighted by Crippen LogP contribution is -2.13. The zero-order valence-corrected chi connectivity index (χ0v) is 5.93. The molecule has 1 unspecified atom stereocenters. The van der Waals surface area contributed by atoms with E-state index in [1.807, 2.05) is 24.3 Å². The van der Waals surface area contributed by atoms with Crippen LogP contribution in [-0.2, 0) is 0 Å². The molecular weight excluding hydrogens is 132 g/mol. The second kappa shape index (κ2) is 2.40. The van der Waals surface area contributed by atoms with Gasteiger partial charge in [0.15, 0.2) is 0 Å². The van der Waals surface area contributed by atoms with E-state index in [4.69, 9.17) is 11.6 Å². The molecule has 0 aromatic rings. The van der Waals surface area contributed by atoms with Gasteiger partial charge in [-0.15, -0.1) is 18.2 Å². The van der Waals surface area contributed by atoms with Crippen molar-refractivity contribution in [3.05, 3.63) is 37.0 Å². The van der Waals surface area contributed by atoms with E-state index in [9.17, 15) is 0 Å². The first-order chi connectivity index (χ1) is 4.27. The van der Waals surface area contributed by atoms with Crippen LogP contribution in [0.25, 0.3) is 0 Å². The molecule has 0 aliphatic heterocycles. The zero-order valence-electron chi connectivity index (χ0n) is 5.18. The molecule has 48 valence electrons. The summed E-state index contributed by atoms with van der Waals surface area (Å²) in [5.74, 6) is 0. The van der Waals surface area contributed by atoms with Crippen LogP contribution in [0.1, 0.15) is 6.42 Å². The minimum absolute atomic E-state index is 0.311. The summed E-state index contributed by atoms with van der Waals surface area (Å²) in [6, 6.07) is 0. The molecule has 0 saturated heterocycles. The molecule has 0 N–H and O–H groups in total. The smallest absolute Gasteiger partial charge is 0.0840 e. The molecule has 0 aromatic heterocycles. The lowest BCUT2D eigenvalue weighted by molar-refractivity contribution is 0.869. The fraction of sp³-hybridized carbons (Fsp3) is 0.250. The van der Waals surface area contributed by atoms with Crippen LogP contribution in [0.3, 0.4) is 0 Å². The van der Waals surface area contributed by atoms with Crippen molar-refractivity contribution in [1.82, 2.24) is 0 Å². The molecule has 0 saturated carbocycles. The second-order valence-corrected chi connectivity index (χ2v) is 2.83. The summed E-state index contributed by atoms with van der Waals surface area (Å²) in [5, 5.41) is 0. The van der Waals surface area contributed by atoms with Crippen molar-refractivity contribution >= 4 is 11.6 Å². The van der Waals surface area contributed by atoms with E-state index in [2.05, 4.69) is 6.58 Å². The normalized spacial score (nSPS) is 32.6. The second-order valence-electron chi connectivity index (χ2n) is 2.12. The maximum Gasteiger partial charge on any atom is 0.0840 e. The van der Waals surface area contributed by atoms with E-state index in [0.717, 1.165) is 6.42 Å². The van der Waals surface area contributed by atoms with E-state index in [1.165, 1.54) is 0 Å². The van der Waals surface area contributed by atoms with Crippen molar-refractivity contribution in [2.45, 2.75) is 11.3 Å². The first-order valence-electron chi connectivity index (χ1n) is 2.94. The van der Waals surface area contributed by atoms with Crippen molar-refractivity contribution in [1.29, 1.82) is 0 Å². The van der Waals surface area contributed by atoms with E-state index >= 15 is 0 Å². The number of alkyl halides is 1. The molecule has 9 heavy (non-hydrogen) atoms. The van der Waals surface area contributed by atoms with E-state index < -0.39 is 0 Å². The summed E-state index contributed by atoms with van der Waals surface area (Å²) in [6.45, 7) is 3.64. The van der Waals surface area contributed by atoms with Gasteiger partial charge in [0.1, 0.15) is 0 Å². The lowest BCUT2D eigenvalue weighted by atomic mass is 10.0. The van der Waals surface area contributed by atoms with Gasteiger partial charge in [0.25, 0.3) is 0 Å². The molecule has 1 atom stereocenters. The van der Waals surface area contributed by atoms with E-state index in [1.54, 1.807) is 6.08 Å². The third kappa shape index (κ3) is 1.46. The molecule has 1 heteroatoms. The number of halogens is 1. The van der Waals surface area contributed by atoms with Crippen LogP contribution in [0.5, 0.6) is 0 Å². The average Bonchev–Trinajstić information content (AvgIpc) is 1.90. The minimum Gasteiger partial charge on any atom is -0.110 e. The topological polar surface area (TPSA) is 0 Å². The monoisotopic (exact) mass is 140 g/mol. The largest absolute Gasteiger partial charge is 0.110 e. The van der Waals surface area contributed by atoms with Gasteiger partial charge in [0.2, 0.25) is 0 Å². The van der Waals surface area contributed by atoms with Crippen LogP contribution in [-0.4, -0.2) is 4.87 Å². The van der Waals surface area contributed by atoms with Crippen LogP contribution in [0.15, 0.2) is 37.0 Å². The molecule has 0 radical (unpaired) electrons. The molecule has 1 rings (SSSR count). The van der Waals surface area contributed by atoms with Crippen molar-refractivity contribution in [2.75, 3.05) is 0 Å². The van der Waals surface area contributed by atoms with Gasteiger partial charge in [-0.2, -0.15) is 0 Å². The Morgan fingerprint density at radius 2 is 2.33 bits per heavy atom. The molecule has 0 aromatic carbocycles. The van der Waals surface area contributed by atoms with Gasteiger partial charge in [-0.25, -0.2) is 0 Å². The van der Waals surface area contributed by atoms with Gasteiger partial charge in [-0.1, -0.05) is 30.4 Å². The van der Waals surface area contributed by atoms with Crippen LogP contribution in [0, 0.1) is 0 Å². The summed E-state index contributed by atoms with van der Waals surface area (Å²) in [7, 11) is 0. The summed E-state index contributed by atoms with van der Waals surface area (Å²) < 4.78 is 0. The fourth-order valence-corrected chi connectivity index (χ4v) is 0.924. The lowest BCUT2D eigenvalue weighted by Gasteiger charge is -2.17. The van der Waals surface area contributed by atoms with Crippen molar-refractivity contribution in [3.63, 3.8) is 0 Å². The first-order valence-corrected chi connectivity index (χ1v) is 3.31. The Bertz CT molecular complexity index is 167. The molecule has 0 fully saturated rings. The summed E-state index contributed by atoms with van der Waals surface area (Å²) in [6.07, 6.45) is 10.5. The molecule has 0 nitrogen and oxygen atoms in total. The Morgan fingerprint density at radius 1 is 1.56 bits per heavy atom. The van der Waals surface area contributed by atoms with Crippen molar-refractivity contribution in [3.8, 4) is 0 Å². The predicted octanol–water partition coefficient (Wildman–Crippen LogP) is 2.67. The molecule has 1 aliphatic rings. The standard InChI is InChI=1S/C8H9Cl/c1-2-8(9)6-4-3-5-7-8/h2-6H,1,7H2. The highest BCUT2D eigenvalue weighted by Gasteiger charge is 2.17. The summed E-state index contributed by atoms with van der Waals surface area (Å²) >= 11 is 6.00. The molecular formula is C8H9Cl. The number of hydrogen-bond donors (Lipinski definition) is 0. The highest BCUT2D eigenvalue weighted by molar-refractivity contribution is 6.26. The SMILES string of the molecule is C=CC1(Cl)C=CC=CC1. The van der Waals surface area contributed by atoms with Gasteiger partial charge in [-0.05, 0) is 6.42 Å². The van der Waals surface area contributed by atoms with E-state index in [-0.39, 0.29) is 4.87 Å². The Kier molecular flexibility index (Phi) is 1.77. The van der Waals surface area contributed by atoms with Gasteiger partial charge in [0.05, 0.1) is 4.87 Å². The fourth-order valence-electron chi connectivity index (χ4n) is 0.762. The van der Waals surface area contributed by atoms with Gasteiger partial charge >= 0.3 is 0 Å². The van der Waals surface area contributed by atoms with Crippen molar-refractivity contribution in [2.24, 2.45) is 0 Å². The zero-order chi connectivity index (χ0) is 6.74. The predicted molar refractivity (Wildman–Crippen MR) is 41.7 cm³/mol. The first kappa shape index (κ1) is 6.63. The quantitative estimate of drug-likeness (QED) is 0.388. The van der Waals surface area contributed by atoms with Crippen molar-refractivity contribution < 1.29 is 0 Å². The van der Waals surface area contributed by atoms with Gasteiger partial charge in [-0.3, -0.25) is 0 Å². The van der Waals surface area contributed by atoms with Crippen LogP contribution < -0.4 is 0 Å². The van der Waals surface area contributed by atoms with E-state index in [0.29, 0.717) is 0 Å². The van der Waals surface area contributed by atoms with Crippen LogP contribution in [0.2, 0.25) is 0 Å². The highest BCUT2D eigenvalue weighted by Crippen LogP contribution is 2.25. The highest BCUT2D eigenvalue weighted by atomic mass is 35.5. The average molecular weight is 141 g/mol. The number of allylic oxidation sites excluding steroid dienone is 5. The number of hydrogen-bond acceptors (Lipinski definition) is 0. The maximum absolute atomic E-state index is 6.00. The molecule has 1 aliphatic carbocycles. The van der Waals surface area contributed by atoms with Gasteiger partial charge < -0.3 is 0 Å². The number of rotatable bonds is 1. The summed E-state index contributed by atoms with van der Waals surface area (Å²) in [4.78, 5) is -0.311. The molecule has 0 amide bonds.